The summed E-state index contributed by atoms with van der Waals surface area (Å²) in [5.74, 6) is 0.536. The van der Waals surface area contributed by atoms with Crippen LogP contribution in [0.1, 0.15) is 11.4 Å². The van der Waals surface area contributed by atoms with Gasteiger partial charge in [-0.2, -0.15) is 0 Å². The van der Waals surface area contributed by atoms with E-state index in [0.29, 0.717) is 36.6 Å². The molecule has 26 heavy (non-hydrogen) atoms. The highest BCUT2D eigenvalue weighted by atomic mass is 32.2. The minimum atomic E-state index is -3.72. The fourth-order valence-electron chi connectivity index (χ4n) is 3.20. The number of ether oxygens (including phenoxy) is 1. The highest BCUT2D eigenvalue weighted by Gasteiger charge is 2.25. The van der Waals surface area contributed by atoms with Gasteiger partial charge in [-0.25, -0.2) is 17.4 Å². The Kier molecular flexibility index (Phi) is 4.52. The number of nitrogens with zero attached hydrogens (tertiary/aromatic N) is 3. The highest BCUT2D eigenvalue weighted by molar-refractivity contribution is 7.90. The molecule has 4 rings (SSSR count). The van der Waals surface area contributed by atoms with E-state index in [1.807, 2.05) is 37.3 Å². The first-order valence-electron chi connectivity index (χ1n) is 8.64. The molecule has 0 amide bonds. The second kappa shape index (κ2) is 6.83. The zero-order valence-electron chi connectivity index (χ0n) is 14.6. The topological polar surface area (TPSA) is 64.4 Å². The van der Waals surface area contributed by atoms with Crippen molar-refractivity contribution in [2.75, 3.05) is 26.3 Å². The van der Waals surface area contributed by atoms with Crippen LogP contribution in [0.15, 0.2) is 53.4 Å². The van der Waals surface area contributed by atoms with E-state index in [2.05, 4.69) is 9.88 Å². The standard InChI is InChI=1S/C19H21N3O3S/c1-15-6-8-16(9-7-15)26(23,24)22-18-5-3-2-4-17(18)20-19(22)14-21-10-12-25-13-11-21/h2-9H,10-14H2,1H3. The van der Waals surface area contributed by atoms with Crippen LogP contribution in [0.3, 0.4) is 0 Å². The zero-order valence-corrected chi connectivity index (χ0v) is 15.4. The first-order chi connectivity index (χ1) is 12.6. The van der Waals surface area contributed by atoms with E-state index in [-0.39, 0.29) is 4.90 Å². The molecule has 1 saturated heterocycles. The number of hydrogen-bond donors (Lipinski definition) is 0. The van der Waals surface area contributed by atoms with Gasteiger partial charge in [0.15, 0.2) is 0 Å². The zero-order chi connectivity index (χ0) is 18.1. The molecule has 7 heteroatoms. The van der Waals surface area contributed by atoms with Crippen molar-refractivity contribution in [3.05, 3.63) is 59.9 Å². The van der Waals surface area contributed by atoms with Crippen LogP contribution < -0.4 is 0 Å². The van der Waals surface area contributed by atoms with Crippen molar-refractivity contribution >= 4 is 21.1 Å². The lowest BCUT2D eigenvalue weighted by Gasteiger charge is -2.26. The van der Waals surface area contributed by atoms with Crippen molar-refractivity contribution in [2.45, 2.75) is 18.4 Å². The smallest absolute Gasteiger partial charge is 0.269 e. The third-order valence-electron chi connectivity index (χ3n) is 4.61. The number of rotatable bonds is 4. The quantitative estimate of drug-likeness (QED) is 0.705. The summed E-state index contributed by atoms with van der Waals surface area (Å²) in [5.41, 5.74) is 2.32. The molecule has 2 aromatic carbocycles. The SMILES string of the molecule is Cc1ccc(S(=O)(=O)n2c(CN3CCOCC3)nc3ccccc32)cc1. The Hall–Kier alpha value is -2.22. The van der Waals surface area contributed by atoms with E-state index in [1.165, 1.54) is 3.97 Å². The summed E-state index contributed by atoms with van der Waals surface area (Å²) < 4.78 is 33.5. The number of imidazole rings is 1. The molecule has 0 saturated carbocycles. The number of aromatic nitrogens is 2. The Balaban J connectivity index is 1.84. The van der Waals surface area contributed by atoms with Gasteiger partial charge >= 0.3 is 0 Å². The van der Waals surface area contributed by atoms with Crippen molar-refractivity contribution in [2.24, 2.45) is 0 Å². The number of benzene rings is 2. The molecule has 0 unspecified atom stereocenters. The second-order valence-corrected chi connectivity index (χ2v) is 8.27. The maximum absolute atomic E-state index is 13.4. The van der Waals surface area contributed by atoms with Crippen molar-refractivity contribution in [1.82, 2.24) is 13.9 Å². The number of aryl methyl sites for hydroxylation is 1. The van der Waals surface area contributed by atoms with Gasteiger partial charge in [-0.3, -0.25) is 4.90 Å². The molecule has 0 bridgehead atoms. The third-order valence-corrected chi connectivity index (χ3v) is 6.37. The van der Waals surface area contributed by atoms with Gasteiger partial charge in [0.05, 0.1) is 35.7 Å². The molecule has 0 spiro atoms. The van der Waals surface area contributed by atoms with Gasteiger partial charge in [-0.15, -0.1) is 0 Å². The monoisotopic (exact) mass is 371 g/mol. The summed E-state index contributed by atoms with van der Waals surface area (Å²) in [6.07, 6.45) is 0. The van der Waals surface area contributed by atoms with Crippen LogP contribution in [-0.2, 0) is 21.3 Å². The van der Waals surface area contributed by atoms with Crippen LogP contribution >= 0.6 is 0 Å². The Labute approximate surface area is 153 Å². The first kappa shape index (κ1) is 17.2. The van der Waals surface area contributed by atoms with Gasteiger partial charge in [0.2, 0.25) is 0 Å². The molecule has 2 heterocycles. The summed E-state index contributed by atoms with van der Waals surface area (Å²) >= 11 is 0. The van der Waals surface area contributed by atoms with Gasteiger partial charge in [0, 0.05) is 13.1 Å². The second-order valence-electron chi connectivity index (χ2n) is 6.49. The summed E-state index contributed by atoms with van der Waals surface area (Å²) in [6.45, 7) is 5.27. The van der Waals surface area contributed by atoms with E-state index in [0.717, 1.165) is 18.7 Å². The van der Waals surface area contributed by atoms with Crippen LogP contribution in [0.5, 0.6) is 0 Å². The third kappa shape index (κ3) is 3.13. The van der Waals surface area contributed by atoms with Crippen LogP contribution in [-0.4, -0.2) is 48.6 Å². The Morgan fingerprint density at radius 3 is 2.46 bits per heavy atom. The van der Waals surface area contributed by atoms with Gasteiger partial charge in [0.1, 0.15) is 5.82 Å². The van der Waals surface area contributed by atoms with Crippen LogP contribution in [0.25, 0.3) is 11.0 Å². The molecule has 0 aliphatic carbocycles. The fraction of sp³-hybridized carbons (Fsp3) is 0.316. The molecule has 0 atom stereocenters. The summed E-state index contributed by atoms with van der Waals surface area (Å²) in [5, 5.41) is 0. The van der Waals surface area contributed by atoms with Crippen molar-refractivity contribution in [1.29, 1.82) is 0 Å². The van der Waals surface area contributed by atoms with Gasteiger partial charge in [-0.1, -0.05) is 29.8 Å². The lowest BCUT2D eigenvalue weighted by atomic mass is 10.2. The van der Waals surface area contributed by atoms with E-state index in [1.54, 1.807) is 18.2 Å². The maximum Gasteiger partial charge on any atom is 0.269 e. The highest BCUT2D eigenvalue weighted by Crippen LogP contribution is 2.24. The van der Waals surface area contributed by atoms with Crippen LogP contribution in [0, 0.1) is 6.92 Å². The van der Waals surface area contributed by atoms with E-state index < -0.39 is 10.0 Å². The molecule has 1 aliphatic rings. The van der Waals surface area contributed by atoms with Crippen molar-refractivity contribution in [3.63, 3.8) is 0 Å². The average Bonchev–Trinajstić information content (AvgIpc) is 3.01. The fourth-order valence-corrected chi connectivity index (χ4v) is 4.68. The largest absolute Gasteiger partial charge is 0.379 e. The lowest BCUT2D eigenvalue weighted by Crippen LogP contribution is -2.36. The van der Waals surface area contributed by atoms with Gasteiger partial charge in [-0.05, 0) is 31.2 Å². The molecular weight excluding hydrogens is 350 g/mol. The Morgan fingerprint density at radius 2 is 1.73 bits per heavy atom. The Bertz CT molecular complexity index is 1020. The molecule has 1 fully saturated rings. The molecule has 0 radical (unpaired) electrons. The van der Waals surface area contributed by atoms with Crippen LogP contribution in [0.2, 0.25) is 0 Å². The predicted molar refractivity (Wildman–Crippen MR) is 99.6 cm³/mol. The molecule has 1 aliphatic heterocycles. The first-order valence-corrected chi connectivity index (χ1v) is 10.1. The van der Waals surface area contributed by atoms with E-state index in [4.69, 9.17) is 4.74 Å². The number of para-hydroxylation sites is 2. The number of hydrogen-bond acceptors (Lipinski definition) is 5. The molecule has 3 aromatic rings. The summed E-state index contributed by atoms with van der Waals surface area (Å²) in [6, 6.07) is 14.3. The van der Waals surface area contributed by atoms with Crippen molar-refractivity contribution < 1.29 is 13.2 Å². The molecule has 0 N–H and O–H groups in total. The van der Waals surface area contributed by atoms with Gasteiger partial charge < -0.3 is 4.74 Å². The minimum Gasteiger partial charge on any atom is -0.379 e. The molecule has 6 nitrogen and oxygen atoms in total. The molecule has 136 valence electrons. The van der Waals surface area contributed by atoms with E-state index >= 15 is 0 Å². The Morgan fingerprint density at radius 1 is 1.04 bits per heavy atom. The lowest BCUT2D eigenvalue weighted by molar-refractivity contribution is 0.0330. The molecular formula is C19H21N3O3S. The maximum atomic E-state index is 13.4. The molecule has 1 aromatic heterocycles. The average molecular weight is 371 g/mol. The van der Waals surface area contributed by atoms with Crippen LogP contribution in [0.4, 0.5) is 0 Å². The number of morpholine rings is 1. The normalized spacial score (nSPS) is 16.2. The van der Waals surface area contributed by atoms with Crippen molar-refractivity contribution in [3.8, 4) is 0 Å². The summed E-state index contributed by atoms with van der Waals surface area (Å²) in [7, 11) is -3.72. The predicted octanol–water partition coefficient (Wildman–Crippen LogP) is 2.41. The minimum absolute atomic E-state index is 0.273. The van der Waals surface area contributed by atoms with E-state index in [9.17, 15) is 8.42 Å². The number of fused-ring (bicyclic) bond motifs is 1. The van der Waals surface area contributed by atoms with Gasteiger partial charge in [0.25, 0.3) is 10.0 Å². The summed E-state index contributed by atoms with van der Waals surface area (Å²) in [4.78, 5) is 7.06.